The van der Waals surface area contributed by atoms with Crippen LogP contribution < -0.4 is 4.74 Å². The molecular formula is C17H18Br2O. The molecule has 0 saturated heterocycles. The fourth-order valence-electron chi connectivity index (χ4n) is 2.07. The van der Waals surface area contributed by atoms with Gasteiger partial charge < -0.3 is 4.74 Å². The summed E-state index contributed by atoms with van der Waals surface area (Å²) in [6.45, 7) is 0.759. The summed E-state index contributed by atoms with van der Waals surface area (Å²) in [6, 6.07) is 16.7. The Hall–Kier alpha value is -0.800. The van der Waals surface area contributed by atoms with Gasteiger partial charge in [-0.05, 0) is 46.8 Å². The summed E-state index contributed by atoms with van der Waals surface area (Å²) >= 11 is 7.04. The topological polar surface area (TPSA) is 9.23 Å². The largest absolute Gasteiger partial charge is 0.492 e. The second kappa shape index (κ2) is 8.48. The van der Waals surface area contributed by atoms with Gasteiger partial charge in [0.05, 0.1) is 11.1 Å². The Balaban J connectivity index is 1.76. The zero-order chi connectivity index (χ0) is 14.2. The van der Waals surface area contributed by atoms with E-state index in [0.29, 0.717) is 0 Å². The van der Waals surface area contributed by atoms with E-state index in [2.05, 4.69) is 68.3 Å². The first-order valence-electron chi connectivity index (χ1n) is 6.81. The van der Waals surface area contributed by atoms with E-state index in [9.17, 15) is 0 Å². The zero-order valence-electron chi connectivity index (χ0n) is 11.3. The van der Waals surface area contributed by atoms with Crippen LogP contribution in [-0.2, 0) is 11.8 Å². The Bertz CT molecular complexity index is 526. The lowest BCUT2D eigenvalue weighted by Crippen LogP contribution is -2.01. The summed E-state index contributed by atoms with van der Waals surface area (Å²) in [5, 5.41) is 0.811. The van der Waals surface area contributed by atoms with Crippen molar-refractivity contribution in [1.82, 2.24) is 0 Å². The van der Waals surface area contributed by atoms with E-state index >= 15 is 0 Å². The highest BCUT2D eigenvalue weighted by atomic mass is 79.9. The summed E-state index contributed by atoms with van der Waals surface area (Å²) < 4.78 is 6.95. The van der Waals surface area contributed by atoms with Gasteiger partial charge in [-0.2, -0.15) is 0 Å². The molecule has 0 aliphatic rings. The molecule has 0 spiro atoms. The number of para-hydroxylation sites is 1. The van der Waals surface area contributed by atoms with Crippen molar-refractivity contribution in [2.24, 2.45) is 0 Å². The molecule has 0 unspecified atom stereocenters. The minimum Gasteiger partial charge on any atom is -0.492 e. The molecule has 20 heavy (non-hydrogen) atoms. The molecule has 0 N–H and O–H groups in total. The van der Waals surface area contributed by atoms with Crippen molar-refractivity contribution in [1.29, 1.82) is 0 Å². The molecule has 2 aromatic carbocycles. The Morgan fingerprint density at radius 3 is 2.45 bits per heavy atom. The lowest BCUT2D eigenvalue weighted by molar-refractivity contribution is 0.303. The molecule has 0 aromatic heterocycles. The third-order valence-electron chi connectivity index (χ3n) is 3.14. The molecular weight excluding hydrogens is 380 g/mol. The first-order chi connectivity index (χ1) is 9.81. The first-order valence-corrected chi connectivity index (χ1v) is 8.73. The van der Waals surface area contributed by atoms with Crippen molar-refractivity contribution in [3.05, 3.63) is 64.1 Å². The van der Waals surface area contributed by atoms with Crippen molar-refractivity contribution in [3.8, 4) is 5.75 Å². The lowest BCUT2D eigenvalue weighted by atomic mass is 10.1. The number of ether oxygens (including phenoxy) is 1. The van der Waals surface area contributed by atoms with E-state index in [4.69, 9.17) is 4.74 Å². The standard InChI is InChI=1S/C17H18Br2O/c18-13-15-10-6-11-16(19)17(15)20-12-5-4-9-14-7-2-1-3-8-14/h1-3,6-8,10-11H,4-5,9,12-13H2. The van der Waals surface area contributed by atoms with Crippen molar-refractivity contribution in [2.75, 3.05) is 6.61 Å². The third kappa shape index (κ3) is 4.64. The van der Waals surface area contributed by atoms with Crippen molar-refractivity contribution >= 4 is 31.9 Å². The first kappa shape index (κ1) is 15.6. The van der Waals surface area contributed by atoms with Crippen LogP contribution in [0.3, 0.4) is 0 Å². The Morgan fingerprint density at radius 1 is 0.900 bits per heavy atom. The minimum atomic E-state index is 0.759. The summed E-state index contributed by atoms with van der Waals surface area (Å²) in [5.41, 5.74) is 2.58. The number of hydrogen-bond acceptors (Lipinski definition) is 1. The number of halogens is 2. The molecule has 0 radical (unpaired) electrons. The van der Waals surface area contributed by atoms with Gasteiger partial charge in [0.2, 0.25) is 0 Å². The number of alkyl halides is 1. The fourth-order valence-corrected chi connectivity index (χ4v) is 3.03. The second-order valence-corrected chi connectivity index (χ2v) is 6.07. The maximum atomic E-state index is 5.92. The van der Waals surface area contributed by atoms with Gasteiger partial charge >= 0.3 is 0 Å². The van der Waals surface area contributed by atoms with Crippen LogP contribution in [0.15, 0.2) is 53.0 Å². The molecule has 0 saturated carbocycles. The Morgan fingerprint density at radius 2 is 1.70 bits per heavy atom. The van der Waals surface area contributed by atoms with Gasteiger partial charge in [0, 0.05) is 10.9 Å². The van der Waals surface area contributed by atoms with Gasteiger partial charge in [-0.25, -0.2) is 0 Å². The normalized spacial score (nSPS) is 10.5. The molecule has 0 bridgehead atoms. The molecule has 0 amide bonds. The fraction of sp³-hybridized carbons (Fsp3) is 0.294. The maximum absolute atomic E-state index is 5.92. The number of aryl methyl sites for hydroxylation is 1. The SMILES string of the molecule is BrCc1cccc(Br)c1OCCCCc1ccccc1. The molecule has 0 aliphatic carbocycles. The minimum absolute atomic E-state index is 0.759. The summed E-state index contributed by atoms with van der Waals surface area (Å²) in [7, 11) is 0. The monoisotopic (exact) mass is 396 g/mol. The van der Waals surface area contributed by atoms with Crippen LogP contribution in [0.5, 0.6) is 5.75 Å². The smallest absolute Gasteiger partial charge is 0.137 e. The number of rotatable bonds is 7. The molecule has 3 heteroatoms. The van der Waals surface area contributed by atoms with Crippen LogP contribution in [0.4, 0.5) is 0 Å². The van der Waals surface area contributed by atoms with Crippen molar-refractivity contribution < 1.29 is 4.74 Å². The lowest BCUT2D eigenvalue weighted by Gasteiger charge is -2.11. The average molecular weight is 398 g/mol. The van der Waals surface area contributed by atoms with E-state index in [1.54, 1.807) is 0 Å². The Labute approximate surface area is 137 Å². The van der Waals surface area contributed by atoms with Crippen molar-refractivity contribution in [3.63, 3.8) is 0 Å². The molecule has 2 aromatic rings. The molecule has 0 heterocycles. The van der Waals surface area contributed by atoms with Crippen LogP contribution >= 0.6 is 31.9 Å². The van der Waals surface area contributed by atoms with Crippen LogP contribution in [0.1, 0.15) is 24.0 Å². The van der Waals surface area contributed by atoms with E-state index in [1.807, 2.05) is 12.1 Å². The number of benzene rings is 2. The van der Waals surface area contributed by atoms with Crippen LogP contribution in [0, 0.1) is 0 Å². The van der Waals surface area contributed by atoms with E-state index in [-0.39, 0.29) is 0 Å². The van der Waals surface area contributed by atoms with Crippen molar-refractivity contribution in [2.45, 2.75) is 24.6 Å². The van der Waals surface area contributed by atoms with E-state index in [0.717, 1.165) is 41.4 Å². The predicted molar refractivity (Wildman–Crippen MR) is 91.6 cm³/mol. The predicted octanol–water partition coefficient (Wildman–Crippen LogP) is 5.75. The molecule has 0 aliphatic heterocycles. The Kier molecular flexibility index (Phi) is 6.61. The van der Waals surface area contributed by atoms with E-state index < -0.39 is 0 Å². The van der Waals surface area contributed by atoms with Gasteiger partial charge in [-0.1, -0.05) is 58.4 Å². The van der Waals surface area contributed by atoms with E-state index in [1.165, 1.54) is 11.1 Å². The zero-order valence-corrected chi connectivity index (χ0v) is 14.5. The number of unbranched alkanes of at least 4 members (excludes halogenated alkanes) is 1. The molecule has 0 atom stereocenters. The van der Waals surface area contributed by atoms with Gasteiger partial charge in [0.15, 0.2) is 0 Å². The van der Waals surface area contributed by atoms with Crippen LogP contribution in [-0.4, -0.2) is 6.61 Å². The second-order valence-electron chi connectivity index (χ2n) is 4.65. The molecule has 2 rings (SSSR count). The van der Waals surface area contributed by atoms with Crippen LogP contribution in [0.25, 0.3) is 0 Å². The maximum Gasteiger partial charge on any atom is 0.137 e. The summed E-state index contributed by atoms with van der Waals surface area (Å²) in [5.74, 6) is 0.962. The quantitative estimate of drug-likeness (QED) is 0.427. The van der Waals surface area contributed by atoms with Crippen LogP contribution in [0.2, 0.25) is 0 Å². The highest BCUT2D eigenvalue weighted by Crippen LogP contribution is 2.30. The molecule has 106 valence electrons. The number of hydrogen-bond donors (Lipinski definition) is 0. The van der Waals surface area contributed by atoms with Gasteiger partial charge in [-0.3, -0.25) is 0 Å². The molecule has 1 nitrogen and oxygen atoms in total. The third-order valence-corrected chi connectivity index (χ3v) is 4.37. The summed E-state index contributed by atoms with van der Waals surface area (Å²) in [4.78, 5) is 0. The summed E-state index contributed by atoms with van der Waals surface area (Å²) in [6.07, 6.45) is 3.33. The highest BCUT2D eigenvalue weighted by Gasteiger charge is 2.06. The average Bonchev–Trinajstić information content (AvgIpc) is 2.49. The molecule has 0 fully saturated rings. The van der Waals surface area contributed by atoms with Gasteiger partial charge in [0.25, 0.3) is 0 Å². The highest BCUT2D eigenvalue weighted by molar-refractivity contribution is 9.10. The van der Waals surface area contributed by atoms with Gasteiger partial charge in [0.1, 0.15) is 5.75 Å². The van der Waals surface area contributed by atoms with Gasteiger partial charge in [-0.15, -0.1) is 0 Å².